The van der Waals surface area contributed by atoms with Crippen molar-refractivity contribution in [3.05, 3.63) is 30.3 Å². The van der Waals surface area contributed by atoms with E-state index in [1.165, 1.54) is 63.5 Å². The summed E-state index contributed by atoms with van der Waals surface area (Å²) in [5.41, 5.74) is 0. The Morgan fingerprint density at radius 2 is 1.28 bits per heavy atom. The van der Waals surface area contributed by atoms with Crippen LogP contribution in [0.25, 0.3) is 0 Å². The number of amides is 1. The van der Waals surface area contributed by atoms with Gasteiger partial charge in [-0.05, 0) is 18.6 Å². The van der Waals surface area contributed by atoms with Gasteiger partial charge in [0.1, 0.15) is 0 Å². The molecule has 142 valence electrons. The lowest BCUT2D eigenvalue weighted by Gasteiger charge is -2.07. The van der Waals surface area contributed by atoms with Gasteiger partial charge in [0.05, 0.1) is 4.90 Å². The lowest BCUT2D eigenvalue weighted by Crippen LogP contribution is -2.30. The van der Waals surface area contributed by atoms with E-state index in [0.29, 0.717) is 0 Å². The molecule has 4 nitrogen and oxygen atoms in total. The van der Waals surface area contributed by atoms with Gasteiger partial charge >= 0.3 is 0 Å². The van der Waals surface area contributed by atoms with Crippen molar-refractivity contribution in [3.63, 3.8) is 0 Å². The van der Waals surface area contributed by atoms with Gasteiger partial charge < -0.3 is 0 Å². The third kappa shape index (κ3) is 10.3. The Balaban J connectivity index is 2.04. The largest absolute Gasteiger partial charge is 0.274 e. The van der Waals surface area contributed by atoms with Crippen LogP contribution in [0.15, 0.2) is 35.2 Å². The highest BCUT2D eigenvalue weighted by molar-refractivity contribution is 7.90. The first-order valence-corrected chi connectivity index (χ1v) is 11.2. The Morgan fingerprint density at radius 3 is 1.80 bits per heavy atom. The zero-order valence-corrected chi connectivity index (χ0v) is 16.3. The minimum Gasteiger partial charge on any atom is -0.274 e. The molecule has 0 atom stereocenters. The molecule has 1 N–H and O–H groups in total. The minimum atomic E-state index is -3.72. The molecular formula is C20H33NO3S. The maximum atomic E-state index is 12.0. The fraction of sp³-hybridized carbons (Fsp3) is 0.650. The van der Waals surface area contributed by atoms with Crippen LogP contribution in [0.4, 0.5) is 0 Å². The van der Waals surface area contributed by atoms with Crippen LogP contribution in [0.1, 0.15) is 84.0 Å². The summed E-state index contributed by atoms with van der Waals surface area (Å²) >= 11 is 0. The zero-order chi connectivity index (χ0) is 18.4. The highest BCUT2D eigenvalue weighted by Gasteiger charge is 2.16. The van der Waals surface area contributed by atoms with Gasteiger partial charge in [-0.1, -0.05) is 89.3 Å². The van der Waals surface area contributed by atoms with Crippen molar-refractivity contribution >= 4 is 15.9 Å². The predicted octanol–water partition coefficient (Wildman–Crippen LogP) is 5.19. The van der Waals surface area contributed by atoms with Crippen molar-refractivity contribution in [2.45, 2.75) is 88.9 Å². The summed E-state index contributed by atoms with van der Waals surface area (Å²) in [6.07, 6.45) is 13.6. The fourth-order valence-electron chi connectivity index (χ4n) is 2.81. The van der Waals surface area contributed by atoms with Crippen LogP contribution in [-0.4, -0.2) is 14.3 Å². The van der Waals surface area contributed by atoms with E-state index in [4.69, 9.17) is 0 Å². The van der Waals surface area contributed by atoms with Crippen molar-refractivity contribution in [1.29, 1.82) is 0 Å². The molecular weight excluding hydrogens is 334 g/mol. The smallest absolute Gasteiger partial charge is 0.264 e. The maximum absolute atomic E-state index is 12.0. The number of rotatable bonds is 14. The average Bonchev–Trinajstić information content (AvgIpc) is 2.60. The first-order valence-electron chi connectivity index (χ1n) is 9.67. The van der Waals surface area contributed by atoms with E-state index in [0.717, 1.165) is 19.3 Å². The first kappa shape index (κ1) is 21.7. The number of hydrogen-bond acceptors (Lipinski definition) is 3. The van der Waals surface area contributed by atoms with Crippen LogP contribution in [0.2, 0.25) is 0 Å². The molecule has 5 heteroatoms. The predicted molar refractivity (Wildman–Crippen MR) is 103 cm³/mol. The van der Waals surface area contributed by atoms with Gasteiger partial charge in [-0.25, -0.2) is 13.1 Å². The summed E-state index contributed by atoms with van der Waals surface area (Å²) in [6.45, 7) is 2.23. The van der Waals surface area contributed by atoms with Gasteiger partial charge in [0.2, 0.25) is 5.91 Å². The molecule has 0 aliphatic carbocycles. The van der Waals surface area contributed by atoms with Crippen molar-refractivity contribution in [2.24, 2.45) is 0 Å². The number of carbonyl (C=O) groups is 1. The Kier molecular flexibility index (Phi) is 11.2. The van der Waals surface area contributed by atoms with Crippen molar-refractivity contribution in [3.8, 4) is 0 Å². The molecule has 0 spiro atoms. The van der Waals surface area contributed by atoms with Gasteiger partial charge in [-0.3, -0.25) is 4.79 Å². The highest BCUT2D eigenvalue weighted by atomic mass is 32.2. The minimum absolute atomic E-state index is 0.127. The van der Waals surface area contributed by atoms with Crippen LogP contribution in [0, 0.1) is 0 Å². The number of benzene rings is 1. The summed E-state index contributed by atoms with van der Waals surface area (Å²) in [4.78, 5) is 11.9. The molecule has 25 heavy (non-hydrogen) atoms. The summed E-state index contributed by atoms with van der Waals surface area (Å²) in [7, 11) is -3.72. The van der Waals surface area contributed by atoms with Crippen molar-refractivity contribution in [2.75, 3.05) is 0 Å². The summed E-state index contributed by atoms with van der Waals surface area (Å²) in [6, 6.07) is 7.99. The van der Waals surface area contributed by atoms with Crippen LogP contribution in [0.5, 0.6) is 0 Å². The summed E-state index contributed by atoms with van der Waals surface area (Å²) in [5, 5.41) is 0. The molecule has 0 aromatic heterocycles. The van der Waals surface area contributed by atoms with E-state index in [-0.39, 0.29) is 11.3 Å². The van der Waals surface area contributed by atoms with Crippen molar-refractivity contribution < 1.29 is 13.2 Å². The zero-order valence-electron chi connectivity index (χ0n) is 15.5. The number of nitrogens with one attached hydrogen (secondary N) is 1. The number of unbranched alkanes of at least 4 members (excludes halogenated alkanes) is 10. The Hall–Kier alpha value is -1.36. The van der Waals surface area contributed by atoms with Crippen LogP contribution >= 0.6 is 0 Å². The second kappa shape index (κ2) is 12.9. The SMILES string of the molecule is CCCCCCCCCCCCCC(=O)NS(=O)(=O)c1ccccc1. The Morgan fingerprint density at radius 1 is 0.800 bits per heavy atom. The second-order valence-electron chi connectivity index (χ2n) is 6.63. The van der Waals surface area contributed by atoms with E-state index in [9.17, 15) is 13.2 Å². The third-order valence-corrected chi connectivity index (χ3v) is 5.70. The summed E-state index contributed by atoms with van der Waals surface area (Å²) in [5.74, 6) is -0.417. The van der Waals surface area contributed by atoms with Crippen LogP contribution in [0.3, 0.4) is 0 Å². The van der Waals surface area contributed by atoms with E-state index < -0.39 is 15.9 Å². The lowest BCUT2D eigenvalue weighted by atomic mass is 10.1. The molecule has 0 heterocycles. The number of hydrogen-bond donors (Lipinski definition) is 1. The third-order valence-electron chi connectivity index (χ3n) is 4.31. The molecule has 0 aliphatic heterocycles. The molecule has 0 radical (unpaired) electrons. The molecule has 0 aliphatic rings. The molecule has 0 unspecified atom stereocenters. The Bertz CT molecular complexity index is 570. The van der Waals surface area contributed by atoms with E-state index in [1.54, 1.807) is 18.2 Å². The highest BCUT2D eigenvalue weighted by Crippen LogP contribution is 2.12. The number of sulfonamides is 1. The second-order valence-corrected chi connectivity index (χ2v) is 8.31. The standard InChI is InChI=1S/C20H33NO3S/c1-2-3-4-5-6-7-8-9-10-11-15-18-20(22)21-25(23,24)19-16-13-12-14-17-19/h12-14,16-17H,2-11,15,18H2,1H3,(H,21,22). The molecule has 1 aromatic carbocycles. The van der Waals surface area contributed by atoms with Gasteiger partial charge in [-0.15, -0.1) is 0 Å². The van der Waals surface area contributed by atoms with Gasteiger partial charge in [0.15, 0.2) is 0 Å². The molecule has 1 rings (SSSR count). The van der Waals surface area contributed by atoms with Crippen LogP contribution < -0.4 is 4.72 Å². The monoisotopic (exact) mass is 367 g/mol. The van der Waals surface area contributed by atoms with Gasteiger partial charge in [-0.2, -0.15) is 0 Å². The molecule has 0 bridgehead atoms. The van der Waals surface area contributed by atoms with Gasteiger partial charge in [0.25, 0.3) is 10.0 Å². The topological polar surface area (TPSA) is 63.2 Å². The maximum Gasteiger partial charge on any atom is 0.264 e. The molecule has 1 amide bonds. The van der Waals surface area contributed by atoms with Crippen LogP contribution in [-0.2, 0) is 14.8 Å². The lowest BCUT2D eigenvalue weighted by molar-refractivity contribution is -0.119. The Labute approximate surface area is 153 Å². The molecule has 0 saturated heterocycles. The van der Waals surface area contributed by atoms with E-state index in [1.807, 2.05) is 0 Å². The van der Waals surface area contributed by atoms with Gasteiger partial charge in [0, 0.05) is 6.42 Å². The van der Waals surface area contributed by atoms with E-state index in [2.05, 4.69) is 11.6 Å². The fourth-order valence-corrected chi connectivity index (χ4v) is 3.84. The van der Waals surface area contributed by atoms with E-state index >= 15 is 0 Å². The normalized spacial score (nSPS) is 11.4. The summed E-state index contributed by atoms with van der Waals surface area (Å²) < 4.78 is 26.2. The molecule has 0 saturated carbocycles. The van der Waals surface area contributed by atoms with Crippen molar-refractivity contribution in [1.82, 2.24) is 4.72 Å². The molecule has 0 fully saturated rings. The average molecular weight is 368 g/mol. The first-order chi connectivity index (χ1) is 12.1. The quantitative estimate of drug-likeness (QED) is 0.460. The number of carbonyl (C=O) groups excluding carboxylic acids is 1. The molecule has 1 aromatic rings.